The van der Waals surface area contributed by atoms with E-state index in [1.807, 2.05) is 0 Å². The third-order valence-electron chi connectivity index (χ3n) is 1.31. The second-order valence-electron chi connectivity index (χ2n) is 1.97. The normalized spacial score (nSPS) is 7.17. The summed E-state index contributed by atoms with van der Waals surface area (Å²) in [4.78, 5) is 0. The van der Waals surface area contributed by atoms with Crippen molar-refractivity contribution in [3.63, 3.8) is 0 Å². The molecule has 12 heavy (non-hydrogen) atoms. The average Bonchev–Trinajstić information content (AvgIpc) is 2.09. The third kappa shape index (κ3) is 1.84. The van der Waals surface area contributed by atoms with E-state index in [0.717, 1.165) is 0 Å². The summed E-state index contributed by atoms with van der Waals surface area (Å²) in [6, 6.07) is 6.59. The molecule has 0 saturated carbocycles. The Kier molecular flexibility index (Phi) is 3.64. The maximum atomic E-state index is 8.41. The highest BCUT2D eigenvalue weighted by Crippen LogP contribution is 2.12. The molecule has 0 spiro atoms. The van der Waals surface area contributed by atoms with Crippen LogP contribution in [0.25, 0.3) is 0 Å². The van der Waals surface area contributed by atoms with Crippen molar-refractivity contribution < 1.29 is 0 Å². The molecule has 0 N–H and O–H groups in total. The Morgan fingerprint density at radius 1 is 1.00 bits per heavy atom. The van der Waals surface area contributed by atoms with Crippen molar-refractivity contribution in [1.82, 2.24) is 0 Å². The van der Waals surface area contributed by atoms with Gasteiger partial charge in [-0.1, -0.05) is 0 Å². The number of nitriles is 4. The molecule has 0 radical (unpaired) electrons. The van der Waals surface area contributed by atoms with Crippen molar-refractivity contribution in [2.24, 2.45) is 5.92 Å². The maximum Gasteiger partial charge on any atom is 0.156 e. The molecule has 0 bridgehead atoms. The van der Waals surface area contributed by atoms with E-state index in [-0.39, 0.29) is 11.1 Å². The first-order valence-corrected chi connectivity index (χ1v) is 3.01. The van der Waals surface area contributed by atoms with Crippen LogP contribution >= 0.6 is 0 Å². The average molecular weight is 156 g/mol. The molecule has 0 aromatic rings. The summed E-state index contributed by atoms with van der Waals surface area (Å²) in [5.74, 6) is -1.00. The van der Waals surface area contributed by atoms with E-state index < -0.39 is 5.92 Å². The Hall–Kier alpha value is -2.30. The highest BCUT2D eigenvalue weighted by molar-refractivity contribution is 5.43. The highest BCUT2D eigenvalue weighted by atomic mass is 14.3. The first-order chi connectivity index (χ1) is 5.71. The molecule has 0 heterocycles. The van der Waals surface area contributed by atoms with Crippen molar-refractivity contribution in [2.45, 2.75) is 6.92 Å². The van der Waals surface area contributed by atoms with Crippen molar-refractivity contribution in [1.29, 1.82) is 21.0 Å². The van der Waals surface area contributed by atoms with Crippen molar-refractivity contribution in [3.05, 3.63) is 11.1 Å². The van der Waals surface area contributed by atoms with Crippen LogP contribution in [-0.4, -0.2) is 0 Å². The molecule has 0 aliphatic carbocycles. The minimum absolute atomic E-state index is 0.164. The summed E-state index contributed by atoms with van der Waals surface area (Å²) in [6.45, 7) is 1.43. The van der Waals surface area contributed by atoms with Crippen molar-refractivity contribution in [2.75, 3.05) is 0 Å². The van der Waals surface area contributed by atoms with Crippen LogP contribution in [0.2, 0.25) is 0 Å². The molecule has 0 unspecified atom stereocenters. The SMILES string of the molecule is CC(=C(C#N)C#N)C(C#N)C#N. The summed E-state index contributed by atoms with van der Waals surface area (Å²) in [5.41, 5.74) is 0.0492. The van der Waals surface area contributed by atoms with Gasteiger partial charge >= 0.3 is 0 Å². The molecular formula is C8H4N4. The molecule has 0 aromatic carbocycles. The van der Waals surface area contributed by atoms with Crippen LogP contribution < -0.4 is 0 Å². The second-order valence-corrected chi connectivity index (χ2v) is 1.97. The van der Waals surface area contributed by atoms with E-state index in [4.69, 9.17) is 21.0 Å². The molecule has 4 nitrogen and oxygen atoms in total. The van der Waals surface area contributed by atoms with E-state index in [1.165, 1.54) is 6.92 Å². The van der Waals surface area contributed by atoms with Gasteiger partial charge in [-0.25, -0.2) is 0 Å². The van der Waals surface area contributed by atoms with E-state index in [2.05, 4.69) is 0 Å². The van der Waals surface area contributed by atoms with Crippen molar-refractivity contribution >= 4 is 0 Å². The monoisotopic (exact) mass is 156 g/mol. The lowest BCUT2D eigenvalue weighted by atomic mass is 9.99. The van der Waals surface area contributed by atoms with Gasteiger partial charge in [-0.05, 0) is 12.5 Å². The Morgan fingerprint density at radius 2 is 1.42 bits per heavy atom. The predicted octanol–water partition coefficient (Wildman–Crippen LogP) is 1.01. The number of rotatable bonds is 1. The third-order valence-corrected chi connectivity index (χ3v) is 1.31. The lowest BCUT2D eigenvalue weighted by Gasteiger charge is -1.97. The van der Waals surface area contributed by atoms with E-state index in [0.29, 0.717) is 0 Å². The number of nitrogens with zero attached hydrogens (tertiary/aromatic N) is 4. The summed E-state index contributed by atoms with van der Waals surface area (Å²) in [5, 5.41) is 33.6. The first kappa shape index (κ1) is 9.70. The van der Waals surface area contributed by atoms with Crippen LogP contribution in [-0.2, 0) is 0 Å². The molecule has 0 rings (SSSR count). The van der Waals surface area contributed by atoms with Gasteiger partial charge in [0.05, 0.1) is 12.1 Å². The fraction of sp³-hybridized carbons (Fsp3) is 0.250. The summed E-state index contributed by atoms with van der Waals surface area (Å²) < 4.78 is 0. The molecule has 0 fully saturated rings. The second kappa shape index (κ2) is 4.51. The van der Waals surface area contributed by atoms with E-state index in [9.17, 15) is 0 Å². The molecule has 56 valence electrons. The molecule has 0 saturated heterocycles. The lowest BCUT2D eigenvalue weighted by molar-refractivity contribution is 0.986. The van der Waals surface area contributed by atoms with E-state index >= 15 is 0 Å². The smallest absolute Gasteiger partial charge is 0.156 e. The zero-order valence-corrected chi connectivity index (χ0v) is 6.37. The molecule has 0 aromatic heterocycles. The highest BCUT2D eigenvalue weighted by Gasteiger charge is 2.12. The Morgan fingerprint density at radius 3 is 1.67 bits per heavy atom. The molecule has 0 amide bonds. The summed E-state index contributed by atoms with van der Waals surface area (Å²) >= 11 is 0. The Labute approximate surface area is 70.2 Å². The molecule has 4 heteroatoms. The van der Waals surface area contributed by atoms with Gasteiger partial charge in [-0.3, -0.25) is 0 Å². The van der Waals surface area contributed by atoms with Gasteiger partial charge in [0.25, 0.3) is 0 Å². The van der Waals surface area contributed by atoms with Gasteiger partial charge in [0.2, 0.25) is 0 Å². The van der Waals surface area contributed by atoms with Crippen molar-refractivity contribution in [3.8, 4) is 24.3 Å². The van der Waals surface area contributed by atoms with Gasteiger partial charge < -0.3 is 0 Å². The van der Waals surface area contributed by atoms with Gasteiger partial charge in [-0.15, -0.1) is 0 Å². The molecule has 0 atom stereocenters. The Balaban J connectivity index is 5.11. The van der Waals surface area contributed by atoms with Gasteiger partial charge in [0.1, 0.15) is 17.7 Å². The van der Waals surface area contributed by atoms with Gasteiger partial charge in [0.15, 0.2) is 5.92 Å². The maximum absolute atomic E-state index is 8.41. The quantitative estimate of drug-likeness (QED) is 0.529. The summed E-state index contributed by atoms with van der Waals surface area (Å²) in [6.07, 6.45) is 0. The zero-order valence-electron chi connectivity index (χ0n) is 6.37. The molecule has 0 aliphatic heterocycles. The number of allylic oxidation sites excluding steroid dienone is 2. The van der Waals surface area contributed by atoms with Crippen LogP contribution in [0.5, 0.6) is 0 Å². The van der Waals surface area contributed by atoms with Crippen LogP contribution in [0.4, 0.5) is 0 Å². The number of hydrogen-bond donors (Lipinski definition) is 0. The largest absolute Gasteiger partial charge is 0.197 e. The molecule has 0 aliphatic rings. The number of hydrogen-bond acceptors (Lipinski definition) is 4. The fourth-order valence-electron chi connectivity index (χ4n) is 0.568. The van der Waals surface area contributed by atoms with Crippen LogP contribution in [0.3, 0.4) is 0 Å². The predicted molar refractivity (Wildman–Crippen MR) is 38.6 cm³/mol. The fourth-order valence-corrected chi connectivity index (χ4v) is 0.568. The minimum atomic E-state index is -1.00. The standard InChI is InChI=1S/C8H4N4/c1-6(7(2-9)3-10)8(4-11)5-12/h7H,1H3. The summed E-state index contributed by atoms with van der Waals surface area (Å²) in [7, 11) is 0. The van der Waals surface area contributed by atoms with E-state index in [1.54, 1.807) is 24.3 Å². The zero-order chi connectivity index (χ0) is 9.56. The molecular weight excluding hydrogens is 152 g/mol. The lowest BCUT2D eigenvalue weighted by Crippen LogP contribution is -1.97. The van der Waals surface area contributed by atoms with Crippen LogP contribution in [0, 0.1) is 51.2 Å². The van der Waals surface area contributed by atoms with Crippen LogP contribution in [0.1, 0.15) is 6.92 Å². The topological polar surface area (TPSA) is 95.2 Å². The first-order valence-electron chi connectivity index (χ1n) is 3.01. The van der Waals surface area contributed by atoms with Crippen LogP contribution in [0.15, 0.2) is 11.1 Å². The minimum Gasteiger partial charge on any atom is -0.197 e. The van der Waals surface area contributed by atoms with Gasteiger partial charge in [0, 0.05) is 0 Å². The van der Waals surface area contributed by atoms with Gasteiger partial charge in [-0.2, -0.15) is 21.0 Å². The Bertz CT molecular complexity index is 334.